The van der Waals surface area contributed by atoms with Crippen molar-refractivity contribution in [3.8, 4) is 0 Å². The molecular formula is C13H14F2N2O2. The average molecular weight is 268 g/mol. The van der Waals surface area contributed by atoms with E-state index in [4.69, 9.17) is 0 Å². The molecule has 0 unspecified atom stereocenters. The smallest absolute Gasteiger partial charge is 0.254 e. The Hall–Kier alpha value is -1.98. The molecule has 0 atom stereocenters. The van der Waals surface area contributed by atoms with Crippen LogP contribution >= 0.6 is 0 Å². The Labute approximate surface area is 109 Å². The van der Waals surface area contributed by atoms with Crippen LogP contribution in [0.2, 0.25) is 0 Å². The van der Waals surface area contributed by atoms with E-state index in [-0.39, 0.29) is 23.9 Å². The molecule has 1 saturated carbocycles. The van der Waals surface area contributed by atoms with Gasteiger partial charge >= 0.3 is 0 Å². The molecule has 2 N–H and O–H groups in total. The minimum Gasteiger partial charge on any atom is -0.354 e. The van der Waals surface area contributed by atoms with Gasteiger partial charge in [0.1, 0.15) is 11.6 Å². The highest BCUT2D eigenvalue weighted by molar-refractivity contribution is 5.94. The normalized spacial score (nSPS) is 14.0. The molecule has 0 heterocycles. The van der Waals surface area contributed by atoms with E-state index >= 15 is 0 Å². The molecule has 4 nitrogen and oxygen atoms in total. The Morgan fingerprint density at radius 2 is 1.84 bits per heavy atom. The topological polar surface area (TPSA) is 58.2 Å². The van der Waals surface area contributed by atoms with E-state index in [1.54, 1.807) is 0 Å². The number of nitrogens with one attached hydrogen (secondary N) is 2. The third-order valence-corrected chi connectivity index (χ3v) is 2.83. The fourth-order valence-electron chi connectivity index (χ4n) is 1.62. The lowest BCUT2D eigenvalue weighted by Gasteiger charge is -2.07. The summed E-state index contributed by atoms with van der Waals surface area (Å²) >= 11 is 0. The number of hydrogen-bond acceptors (Lipinski definition) is 2. The van der Waals surface area contributed by atoms with Crippen molar-refractivity contribution in [3.63, 3.8) is 0 Å². The minimum atomic E-state index is -0.903. The molecule has 19 heavy (non-hydrogen) atoms. The summed E-state index contributed by atoms with van der Waals surface area (Å²) in [5.41, 5.74) is -0.213. The summed E-state index contributed by atoms with van der Waals surface area (Å²) in [6, 6.07) is 2.76. The molecule has 0 aliphatic heterocycles. The van der Waals surface area contributed by atoms with Gasteiger partial charge in [-0.05, 0) is 25.0 Å². The van der Waals surface area contributed by atoms with Crippen LogP contribution in [0.5, 0.6) is 0 Å². The van der Waals surface area contributed by atoms with Crippen molar-refractivity contribution in [2.45, 2.75) is 12.8 Å². The van der Waals surface area contributed by atoms with E-state index in [1.165, 1.54) is 0 Å². The van der Waals surface area contributed by atoms with Gasteiger partial charge in [-0.25, -0.2) is 8.78 Å². The zero-order valence-corrected chi connectivity index (χ0v) is 10.2. The SMILES string of the molecule is O=C(NCCNC(=O)C1CC1)c1ccc(F)cc1F. The highest BCUT2D eigenvalue weighted by Crippen LogP contribution is 2.28. The molecule has 6 heteroatoms. The van der Waals surface area contributed by atoms with Crippen molar-refractivity contribution in [2.24, 2.45) is 5.92 Å². The average Bonchev–Trinajstić information content (AvgIpc) is 3.18. The molecule has 2 rings (SSSR count). The van der Waals surface area contributed by atoms with Crippen molar-refractivity contribution in [2.75, 3.05) is 13.1 Å². The number of carbonyl (C=O) groups is 2. The molecular weight excluding hydrogens is 254 g/mol. The van der Waals surface area contributed by atoms with Gasteiger partial charge in [0.05, 0.1) is 5.56 Å². The number of benzene rings is 1. The first-order valence-electron chi connectivity index (χ1n) is 6.09. The quantitative estimate of drug-likeness (QED) is 0.789. The maximum absolute atomic E-state index is 13.3. The number of amides is 2. The summed E-state index contributed by atoms with van der Waals surface area (Å²) in [5.74, 6) is -2.16. The Kier molecular flexibility index (Phi) is 4.09. The molecule has 0 aromatic heterocycles. The fourth-order valence-corrected chi connectivity index (χ4v) is 1.62. The summed E-state index contributed by atoms with van der Waals surface area (Å²) in [7, 11) is 0. The molecule has 0 spiro atoms. The largest absolute Gasteiger partial charge is 0.354 e. The van der Waals surface area contributed by atoms with Crippen LogP contribution in [0, 0.1) is 17.6 Å². The monoisotopic (exact) mass is 268 g/mol. The third kappa shape index (κ3) is 3.74. The summed E-state index contributed by atoms with van der Waals surface area (Å²) < 4.78 is 26.0. The van der Waals surface area contributed by atoms with Crippen molar-refractivity contribution in [1.82, 2.24) is 10.6 Å². The lowest BCUT2D eigenvalue weighted by molar-refractivity contribution is -0.122. The van der Waals surface area contributed by atoms with Gasteiger partial charge in [0.2, 0.25) is 5.91 Å². The van der Waals surface area contributed by atoms with Crippen molar-refractivity contribution < 1.29 is 18.4 Å². The highest BCUT2D eigenvalue weighted by atomic mass is 19.1. The maximum atomic E-state index is 13.3. The number of carbonyl (C=O) groups excluding carboxylic acids is 2. The van der Waals surface area contributed by atoms with Crippen molar-refractivity contribution in [1.29, 1.82) is 0 Å². The van der Waals surface area contributed by atoms with E-state index in [9.17, 15) is 18.4 Å². The second-order valence-electron chi connectivity index (χ2n) is 4.45. The van der Waals surface area contributed by atoms with Gasteiger partial charge in [-0.1, -0.05) is 0 Å². The zero-order chi connectivity index (χ0) is 13.8. The Morgan fingerprint density at radius 3 is 2.47 bits per heavy atom. The fraction of sp³-hybridized carbons (Fsp3) is 0.385. The van der Waals surface area contributed by atoms with Crippen LogP contribution in [0.25, 0.3) is 0 Å². The Balaban J connectivity index is 1.75. The summed E-state index contributed by atoms with van der Waals surface area (Å²) in [6.07, 6.45) is 1.83. The van der Waals surface area contributed by atoms with Crippen LogP contribution in [0.15, 0.2) is 18.2 Å². The van der Waals surface area contributed by atoms with Crippen LogP contribution in [0.4, 0.5) is 8.78 Å². The number of rotatable bonds is 5. The number of hydrogen-bond donors (Lipinski definition) is 2. The van der Waals surface area contributed by atoms with Crippen LogP contribution in [-0.2, 0) is 4.79 Å². The lowest BCUT2D eigenvalue weighted by Crippen LogP contribution is -2.35. The highest BCUT2D eigenvalue weighted by Gasteiger charge is 2.29. The van der Waals surface area contributed by atoms with Crippen LogP contribution < -0.4 is 10.6 Å². The van der Waals surface area contributed by atoms with Gasteiger partial charge in [-0.15, -0.1) is 0 Å². The first-order chi connectivity index (χ1) is 9.08. The second-order valence-corrected chi connectivity index (χ2v) is 4.45. The predicted octanol–water partition coefficient (Wildman–Crippen LogP) is 1.22. The molecule has 1 aliphatic rings. The first-order valence-corrected chi connectivity index (χ1v) is 6.09. The first kappa shape index (κ1) is 13.5. The molecule has 1 aliphatic carbocycles. The van der Waals surface area contributed by atoms with Gasteiger partial charge in [0.25, 0.3) is 5.91 Å². The minimum absolute atomic E-state index is 0.0118. The van der Waals surface area contributed by atoms with Gasteiger partial charge in [0.15, 0.2) is 0 Å². The Morgan fingerprint density at radius 1 is 1.16 bits per heavy atom. The number of halogens is 2. The molecule has 1 aromatic rings. The standard InChI is InChI=1S/C13H14F2N2O2/c14-9-3-4-10(11(15)7-9)13(19)17-6-5-16-12(18)8-1-2-8/h3-4,7-8H,1-2,5-6H2,(H,16,18)(H,17,19). The third-order valence-electron chi connectivity index (χ3n) is 2.83. The van der Waals surface area contributed by atoms with Crippen molar-refractivity contribution in [3.05, 3.63) is 35.4 Å². The van der Waals surface area contributed by atoms with Gasteiger partial charge in [-0.3, -0.25) is 9.59 Å². The lowest BCUT2D eigenvalue weighted by atomic mass is 10.2. The van der Waals surface area contributed by atoms with Gasteiger partial charge in [0, 0.05) is 25.1 Å². The molecule has 0 saturated heterocycles. The van der Waals surface area contributed by atoms with E-state index in [0.717, 1.165) is 25.0 Å². The molecule has 0 radical (unpaired) electrons. The zero-order valence-electron chi connectivity index (χ0n) is 10.2. The van der Waals surface area contributed by atoms with Crippen LogP contribution in [0.3, 0.4) is 0 Å². The van der Waals surface area contributed by atoms with Crippen LogP contribution in [-0.4, -0.2) is 24.9 Å². The maximum Gasteiger partial charge on any atom is 0.254 e. The predicted molar refractivity (Wildman–Crippen MR) is 64.4 cm³/mol. The van der Waals surface area contributed by atoms with Gasteiger partial charge in [-0.2, -0.15) is 0 Å². The molecule has 1 fully saturated rings. The second kappa shape index (κ2) is 5.77. The van der Waals surface area contributed by atoms with Gasteiger partial charge < -0.3 is 10.6 Å². The summed E-state index contributed by atoms with van der Waals surface area (Å²) in [4.78, 5) is 22.9. The Bertz CT molecular complexity index is 501. The van der Waals surface area contributed by atoms with Crippen LogP contribution in [0.1, 0.15) is 23.2 Å². The summed E-state index contributed by atoms with van der Waals surface area (Å²) in [5, 5.41) is 5.13. The molecule has 0 bridgehead atoms. The van der Waals surface area contributed by atoms with E-state index in [2.05, 4.69) is 10.6 Å². The molecule has 2 amide bonds. The van der Waals surface area contributed by atoms with Crippen molar-refractivity contribution >= 4 is 11.8 Å². The van der Waals surface area contributed by atoms with E-state index in [1.807, 2.05) is 0 Å². The molecule has 102 valence electrons. The van der Waals surface area contributed by atoms with E-state index < -0.39 is 17.5 Å². The summed E-state index contributed by atoms with van der Waals surface area (Å²) in [6.45, 7) is 0.498. The van der Waals surface area contributed by atoms with E-state index in [0.29, 0.717) is 12.6 Å². The molecule has 1 aromatic carbocycles.